The summed E-state index contributed by atoms with van der Waals surface area (Å²) in [5.74, 6) is -0.346. The molecule has 2 amide bonds. The predicted octanol–water partition coefficient (Wildman–Crippen LogP) is 5.31. The number of benzene rings is 2. The van der Waals surface area contributed by atoms with E-state index in [1.807, 2.05) is 44.2 Å². The molecule has 1 aliphatic rings. The summed E-state index contributed by atoms with van der Waals surface area (Å²) >= 11 is 6.41. The van der Waals surface area contributed by atoms with Crippen LogP contribution in [0.2, 0.25) is 5.02 Å². The van der Waals surface area contributed by atoms with E-state index in [1.165, 1.54) is 10.6 Å². The number of amides is 2. The first-order valence-corrected chi connectivity index (χ1v) is 15.8. The molecule has 0 aromatic heterocycles. The molecule has 208 valence electrons. The average Bonchev–Trinajstić information content (AvgIpc) is 3.40. The lowest BCUT2D eigenvalue weighted by Crippen LogP contribution is -2.51. The fourth-order valence-corrected chi connectivity index (χ4v) is 6.16. The van der Waals surface area contributed by atoms with Gasteiger partial charge in [0.2, 0.25) is 21.8 Å². The van der Waals surface area contributed by atoms with Gasteiger partial charge in [-0.1, -0.05) is 68.6 Å². The van der Waals surface area contributed by atoms with Gasteiger partial charge in [0.1, 0.15) is 6.04 Å². The number of halogens is 1. The summed E-state index contributed by atoms with van der Waals surface area (Å²) < 4.78 is 26.4. The SMILES string of the molecule is CCc1ccc(N(CCCC(=O)N(Cc2ccccc2Cl)C(CC)C(=O)NC2CCCC2)S(C)(=O)=O)cc1. The highest BCUT2D eigenvalue weighted by atomic mass is 35.5. The van der Waals surface area contributed by atoms with E-state index < -0.39 is 16.1 Å². The molecule has 2 aromatic rings. The van der Waals surface area contributed by atoms with Gasteiger partial charge in [0.15, 0.2) is 0 Å². The Bertz CT molecular complexity index is 1180. The Kier molecular flexibility index (Phi) is 11.0. The maximum atomic E-state index is 13.6. The van der Waals surface area contributed by atoms with Crippen molar-refractivity contribution in [1.82, 2.24) is 10.2 Å². The van der Waals surface area contributed by atoms with E-state index in [1.54, 1.807) is 23.1 Å². The zero-order chi connectivity index (χ0) is 27.7. The summed E-state index contributed by atoms with van der Waals surface area (Å²) in [5.41, 5.74) is 2.46. The number of nitrogens with zero attached hydrogens (tertiary/aromatic N) is 2. The van der Waals surface area contributed by atoms with Crippen LogP contribution in [0.4, 0.5) is 5.69 Å². The van der Waals surface area contributed by atoms with Crippen LogP contribution in [0, 0.1) is 0 Å². The third-order valence-electron chi connectivity index (χ3n) is 7.17. The lowest BCUT2D eigenvalue weighted by atomic mass is 10.1. The molecule has 1 fully saturated rings. The van der Waals surface area contributed by atoms with E-state index >= 15 is 0 Å². The quantitative estimate of drug-likeness (QED) is 0.359. The fourth-order valence-electron chi connectivity index (χ4n) is 5.00. The number of nitrogens with one attached hydrogen (secondary N) is 1. The minimum atomic E-state index is -3.53. The summed E-state index contributed by atoms with van der Waals surface area (Å²) in [6, 6.07) is 14.3. The monoisotopic (exact) mass is 561 g/mol. The topological polar surface area (TPSA) is 86.8 Å². The van der Waals surface area contributed by atoms with Crippen molar-refractivity contribution in [2.24, 2.45) is 0 Å². The summed E-state index contributed by atoms with van der Waals surface area (Å²) in [5, 5.41) is 3.67. The zero-order valence-corrected chi connectivity index (χ0v) is 24.2. The molecule has 0 aliphatic heterocycles. The van der Waals surface area contributed by atoms with Crippen LogP contribution in [0.1, 0.15) is 69.9 Å². The molecule has 1 saturated carbocycles. The van der Waals surface area contributed by atoms with Crippen molar-refractivity contribution in [2.75, 3.05) is 17.1 Å². The van der Waals surface area contributed by atoms with E-state index in [2.05, 4.69) is 5.32 Å². The fraction of sp³-hybridized carbons (Fsp3) is 0.517. The van der Waals surface area contributed by atoms with Gasteiger partial charge >= 0.3 is 0 Å². The largest absolute Gasteiger partial charge is 0.352 e. The highest BCUT2D eigenvalue weighted by Crippen LogP contribution is 2.23. The second kappa shape index (κ2) is 14.0. The molecule has 7 nitrogen and oxygen atoms in total. The van der Waals surface area contributed by atoms with E-state index in [0.717, 1.165) is 43.2 Å². The minimum Gasteiger partial charge on any atom is -0.352 e. The standard InChI is InChI=1S/C29H40ClN3O4S/c1-4-22-16-18-25(19-17-22)33(38(3,36)37)20-10-15-28(34)32(21-23-11-6-9-14-26(23)30)27(5-2)29(35)31-24-12-7-8-13-24/h6,9,11,14,16-19,24,27H,4-5,7-8,10,12-13,15,20-21H2,1-3H3,(H,31,35). The lowest BCUT2D eigenvalue weighted by molar-refractivity contribution is -0.141. The van der Waals surface area contributed by atoms with Crippen LogP contribution >= 0.6 is 11.6 Å². The molecule has 0 bridgehead atoms. The molecule has 0 heterocycles. The first-order chi connectivity index (χ1) is 18.1. The summed E-state index contributed by atoms with van der Waals surface area (Å²) in [6.45, 7) is 4.32. The molecule has 1 aliphatic carbocycles. The number of carbonyl (C=O) groups is 2. The molecule has 0 saturated heterocycles. The molecule has 1 unspecified atom stereocenters. The molecular weight excluding hydrogens is 522 g/mol. The van der Waals surface area contributed by atoms with Crippen LogP contribution < -0.4 is 9.62 Å². The van der Waals surface area contributed by atoms with Crippen molar-refractivity contribution in [3.05, 3.63) is 64.7 Å². The smallest absolute Gasteiger partial charge is 0.243 e. The van der Waals surface area contributed by atoms with E-state index in [4.69, 9.17) is 11.6 Å². The Morgan fingerprint density at radius 1 is 1.05 bits per heavy atom. The van der Waals surface area contributed by atoms with Crippen molar-refractivity contribution in [3.8, 4) is 0 Å². The van der Waals surface area contributed by atoms with Crippen molar-refractivity contribution >= 4 is 39.1 Å². The van der Waals surface area contributed by atoms with Gasteiger partial charge in [-0.3, -0.25) is 13.9 Å². The molecule has 3 rings (SSSR count). The van der Waals surface area contributed by atoms with Gasteiger partial charge in [0.05, 0.1) is 11.9 Å². The van der Waals surface area contributed by atoms with E-state index in [9.17, 15) is 18.0 Å². The molecule has 1 atom stereocenters. The van der Waals surface area contributed by atoms with Crippen LogP contribution in [-0.2, 0) is 32.6 Å². The molecular formula is C29H40ClN3O4S. The van der Waals surface area contributed by atoms with Gasteiger partial charge < -0.3 is 10.2 Å². The van der Waals surface area contributed by atoms with Gasteiger partial charge in [0, 0.05) is 30.6 Å². The summed E-state index contributed by atoms with van der Waals surface area (Å²) in [6.07, 6.45) is 7.05. The molecule has 0 radical (unpaired) electrons. The van der Waals surface area contributed by atoms with Gasteiger partial charge in [0.25, 0.3) is 0 Å². The van der Waals surface area contributed by atoms with E-state index in [-0.39, 0.29) is 37.4 Å². The van der Waals surface area contributed by atoms with Crippen LogP contribution in [0.25, 0.3) is 0 Å². The highest BCUT2D eigenvalue weighted by Gasteiger charge is 2.31. The Hall–Kier alpha value is -2.58. The van der Waals surface area contributed by atoms with Crippen molar-refractivity contribution in [3.63, 3.8) is 0 Å². The third-order valence-corrected chi connectivity index (χ3v) is 8.73. The van der Waals surface area contributed by atoms with Crippen LogP contribution in [0.15, 0.2) is 48.5 Å². The maximum Gasteiger partial charge on any atom is 0.243 e. The number of aryl methyl sites for hydroxylation is 1. The number of anilines is 1. The van der Waals surface area contributed by atoms with Crippen molar-refractivity contribution in [1.29, 1.82) is 0 Å². The molecule has 0 spiro atoms. The first-order valence-electron chi connectivity index (χ1n) is 13.5. The molecule has 38 heavy (non-hydrogen) atoms. The number of rotatable bonds is 13. The lowest BCUT2D eigenvalue weighted by Gasteiger charge is -2.32. The predicted molar refractivity (Wildman–Crippen MR) is 154 cm³/mol. The van der Waals surface area contributed by atoms with Crippen LogP contribution in [0.3, 0.4) is 0 Å². The second-order valence-corrected chi connectivity index (χ2v) is 12.3. The summed E-state index contributed by atoms with van der Waals surface area (Å²) in [7, 11) is -3.53. The molecule has 1 N–H and O–H groups in total. The second-order valence-electron chi connectivity index (χ2n) is 9.99. The Morgan fingerprint density at radius 2 is 1.71 bits per heavy atom. The first kappa shape index (κ1) is 30.0. The maximum absolute atomic E-state index is 13.6. The van der Waals surface area contributed by atoms with Gasteiger partial charge in [-0.05, 0) is 61.4 Å². The number of carbonyl (C=O) groups excluding carboxylic acids is 2. The molecule has 2 aromatic carbocycles. The Labute approximate surface area is 232 Å². The van der Waals surface area contributed by atoms with Crippen LogP contribution in [0.5, 0.6) is 0 Å². The molecule has 9 heteroatoms. The summed E-state index contributed by atoms with van der Waals surface area (Å²) in [4.78, 5) is 28.5. The van der Waals surface area contributed by atoms with Crippen molar-refractivity contribution in [2.45, 2.75) is 83.8 Å². The van der Waals surface area contributed by atoms with Gasteiger partial charge in [-0.2, -0.15) is 0 Å². The number of hydrogen-bond acceptors (Lipinski definition) is 4. The minimum absolute atomic E-state index is 0.108. The number of sulfonamides is 1. The third kappa shape index (κ3) is 8.21. The number of hydrogen-bond donors (Lipinski definition) is 1. The Balaban J connectivity index is 1.75. The normalized spacial score (nSPS) is 14.7. The van der Waals surface area contributed by atoms with E-state index in [0.29, 0.717) is 23.6 Å². The average molecular weight is 562 g/mol. The van der Waals surface area contributed by atoms with Gasteiger partial charge in [-0.25, -0.2) is 8.42 Å². The zero-order valence-electron chi connectivity index (χ0n) is 22.7. The van der Waals surface area contributed by atoms with Crippen LogP contribution in [-0.4, -0.2) is 50.0 Å². The van der Waals surface area contributed by atoms with Gasteiger partial charge in [-0.15, -0.1) is 0 Å². The highest BCUT2D eigenvalue weighted by molar-refractivity contribution is 7.92. The Morgan fingerprint density at radius 3 is 2.29 bits per heavy atom. The van der Waals surface area contributed by atoms with Crippen molar-refractivity contribution < 1.29 is 18.0 Å².